The van der Waals surface area contributed by atoms with Gasteiger partial charge in [0.25, 0.3) is 0 Å². The highest BCUT2D eigenvalue weighted by Crippen LogP contribution is 2.25. The Bertz CT molecular complexity index is 616. The van der Waals surface area contributed by atoms with Crippen LogP contribution < -0.4 is 14.8 Å². The number of methoxy groups -OCH3 is 3. The van der Waals surface area contributed by atoms with Gasteiger partial charge in [-0.25, -0.2) is 0 Å². The summed E-state index contributed by atoms with van der Waals surface area (Å²) in [5.41, 5.74) is 1.16. The molecule has 1 heterocycles. The van der Waals surface area contributed by atoms with Gasteiger partial charge in [0.1, 0.15) is 11.5 Å². The second-order valence-electron chi connectivity index (χ2n) is 7.23. The SMILES string of the molecule is CCNC(=NCCCCCOC)N1CCN(Cc2cc(OC)ccc2OC)CC1. The van der Waals surface area contributed by atoms with Crippen molar-refractivity contribution in [2.75, 3.05) is 67.2 Å². The van der Waals surface area contributed by atoms with Crippen molar-refractivity contribution in [3.8, 4) is 11.5 Å². The summed E-state index contributed by atoms with van der Waals surface area (Å²) in [5.74, 6) is 2.82. The number of hydrogen-bond donors (Lipinski definition) is 1. The summed E-state index contributed by atoms with van der Waals surface area (Å²) in [6.07, 6.45) is 3.37. The number of ether oxygens (including phenoxy) is 3. The van der Waals surface area contributed by atoms with Gasteiger partial charge in [-0.3, -0.25) is 9.89 Å². The van der Waals surface area contributed by atoms with Crippen LogP contribution in [0.1, 0.15) is 31.7 Å². The molecule has 0 amide bonds. The molecule has 0 aliphatic carbocycles. The van der Waals surface area contributed by atoms with Crippen LogP contribution in [-0.4, -0.2) is 83.0 Å². The van der Waals surface area contributed by atoms with E-state index < -0.39 is 0 Å². The van der Waals surface area contributed by atoms with Gasteiger partial charge in [-0.15, -0.1) is 0 Å². The summed E-state index contributed by atoms with van der Waals surface area (Å²) >= 11 is 0. The Morgan fingerprint density at radius 2 is 1.83 bits per heavy atom. The number of guanidine groups is 1. The number of aliphatic imine (C=N–C) groups is 1. The second-order valence-corrected chi connectivity index (χ2v) is 7.23. The number of rotatable bonds is 11. The maximum absolute atomic E-state index is 5.53. The lowest BCUT2D eigenvalue weighted by Crippen LogP contribution is -2.52. The highest BCUT2D eigenvalue weighted by Gasteiger charge is 2.20. The molecule has 1 fully saturated rings. The lowest BCUT2D eigenvalue weighted by atomic mass is 10.1. The van der Waals surface area contributed by atoms with Gasteiger partial charge in [0.15, 0.2) is 5.96 Å². The molecule has 0 atom stereocenters. The second kappa shape index (κ2) is 13.3. The Hall–Kier alpha value is -1.99. The van der Waals surface area contributed by atoms with Crippen LogP contribution in [0.3, 0.4) is 0 Å². The number of piperazine rings is 1. The van der Waals surface area contributed by atoms with E-state index in [1.165, 1.54) is 0 Å². The van der Waals surface area contributed by atoms with Crippen molar-refractivity contribution < 1.29 is 14.2 Å². The van der Waals surface area contributed by atoms with Gasteiger partial charge >= 0.3 is 0 Å². The molecule has 1 N–H and O–H groups in total. The summed E-state index contributed by atoms with van der Waals surface area (Å²) in [7, 11) is 5.17. The summed E-state index contributed by atoms with van der Waals surface area (Å²) in [6, 6.07) is 5.99. The van der Waals surface area contributed by atoms with E-state index in [9.17, 15) is 0 Å². The smallest absolute Gasteiger partial charge is 0.194 e. The molecule has 2 rings (SSSR count). The van der Waals surface area contributed by atoms with Gasteiger partial charge < -0.3 is 24.4 Å². The van der Waals surface area contributed by atoms with E-state index in [-0.39, 0.29) is 0 Å². The summed E-state index contributed by atoms with van der Waals surface area (Å²) in [5, 5.41) is 3.45. The molecule has 0 radical (unpaired) electrons. The first-order chi connectivity index (χ1) is 14.2. The molecule has 0 spiro atoms. The number of nitrogens with zero attached hydrogens (tertiary/aromatic N) is 3. The van der Waals surface area contributed by atoms with E-state index in [1.807, 2.05) is 12.1 Å². The van der Waals surface area contributed by atoms with Gasteiger partial charge in [0, 0.05) is 65.1 Å². The first kappa shape index (κ1) is 23.3. The molecule has 1 aliphatic rings. The van der Waals surface area contributed by atoms with E-state index in [2.05, 4.69) is 28.1 Å². The molecule has 0 aromatic heterocycles. The van der Waals surface area contributed by atoms with Crippen molar-refractivity contribution in [3.63, 3.8) is 0 Å². The molecular formula is C22H38N4O3. The molecule has 1 saturated heterocycles. The minimum atomic E-state index is 0.837. The van der Waals surface area contributed by atoms with Gasteiger partial charge in [0.05, 0.1) is 14.2 Å². The third-order valence-corrected chi connectivity index (χ3v) is 5.16. The highest BCUT2D eigenvalue weighted by molar-refractivity contribution is 5.80. The van der Waals surface area contributed by atoms with Gasteiger partial charge in [-0.1, -0.05) is 0 Å². The highest BCUT2D eigenvalue weighted by atomic mass is 16.5. The van der Waals surface area contributed by atoms with E-state index in [0.717, 1.165) is 94.7 Å². The predicted octanol–water partition coefficient (Wildman–Crippen LogP) is 2.60. The average Bonchev–Trinajstić information content (AvgIpc) is 2.76. The summed E-state index contributed by atoms with van der Waals surface area (Å²) in [4.78, 5) is 9.66. The lowest BCUT2D eigenvalue weighted by molar-refractivity contribution is 0.171. The predicted molar refractivity (Wildman–Crippen MR) is 118 cm³/mol. The number of hydrogen-bond acceptors (Lipinski definition) is 5. The standard InChI is InChI=1S/C22H38N4O3/c1-5-23-22(24-11-7-6-8-16-27-2)26-14-12-25(13-15-26)18-19-17-20(28-3)9-10-21(19)29-4/h9-10,17H,5-8,11-16,18H2,1-4H3,(H,23,24). The third kappa shape index (κ3) is 7.74. The molecule has 0 saturated carbocycles. The summed E-state index contributed by atoms with van der Waals surface area (Å²) < 4.78 is 16.0. The molecule has 0 unspecified atom stereocenters. The molecule has 29 heavy (non-hydrogen) atoms. The first-order valence-corrected chi connectivity index (χ1v) is 10.7. The van der Waals surface area contributed by atoms with Crippen LogP contribution in [0.25, 0.3) is 0 Å². The minimum absolute atomic E-state index is 0.837. The largest absolute Gasteiger partial charge is 0.497 e. The Labute approximate surface area is 176 Å². The zero-order valence-electron chi connectivity index (χ0n) is 18.6. The maximum Gasteiger partial charge on any atom is 0.194 e. The Morgan fingerprint density at radius 3 is 2.48 bits per heavy atom. The normalized spacial score (nSPS) is 15.4. The monoisotopic (exact) mass is 406 g/mol. The van der Waals surface area contributed by atoms with Crippen LogP contribution in [0.15, 0.2) is 23.2 Å². The van der Waals surface area contributed by atoms with Gasteiger partial charge in [-0.05, 0) is 44.4 Å². The van der Waals surface area contributed by atoms with Crippen LogP contribution in [0.5, 0.6) is 11.5 Å². The van der Waals surface area contributed by atoms with Crippen LogP contribution in [-0.2, 0) is 11.3 Å². The Balaban J connectivity index is 1.86. The quantitative estimate of drug-likeness (QED) is 0.346. The van der Waals surface area contributed by atoms with Crippen LogP contribution in [0, 0.1) is 0 Å². The molecule has 1 aliphatic heterocycles. The number of nitrogens with one attached hydrogen (secondary N) is 1. The maximum atomic E-state index is 5.53. The van der Waals surface area contributed by atoms with E-state index >= 15 is 0 Å². The van der Waals surface area contributed by atoms with Crippen molar-refractivity contribution in [2.45, 2.75) is 32.7 Å². The van der Waals surface area contributed by atoms with Crippen LogP contribution >= 0.6 is 0 Å². The van der Waals surface area contributed by atoms with Gasteiger partial charge in [-0.2, -0.15) is 0 Å². The molecule has 1 aromatic carbocycles. The fraction of sp³-hybridized carbons (Fsp3) is 0.682. The van der Waals surface area contributed by atoms with E-state index in [4.69, 9.17) is 19.2 Å². The number of unbranched alkanes of at least 4 members (excludes halogenated alkanes) is 2. The fourth-order valence-corrected chi connectivity index (χ4v) is 3.51. The lowest BCUT2D eigenvalue weighted by Gasteiger charge is -2.36. The van der Waals surface area contributed by atoms with Crippen molar-refractivity contribution in [1.29, 1.82) is 0 Å². The molecule has 0 bridgehead atoms. The topological polar surface area (TPSA) is 58.6 Å². The minimum Gasteiger partial charge on any atom is -0.497 e. The van der Waals surface area contributed by atoms with Gasteiger partial charge in [0.2, 0.25) is 0 Å². The first-order valence-electron chi connectivity index (χ1n) is 10.7. The molecule has 7 heteroatoms. The molecule has 1 aromatic rings. The van der Waals surface area contributed by atoms with Crippen molar-refractivity contribution >= 4 is 5.96 Å². The number of benzene rings is 1. The van der Waals surface area contributed by atoms with Crippen molar-refractivity contribution in [2.24, 2.45) is 4.99 Å². The molecule has 164 valence electrons. The molecular weight excluding hydrogens is 368 g/mol. The zero-order chi connectivity index (χ0) is 20.9. The summed E-state index contributed by atoms with van der Waals surface area (Å²) in [6.45, 7) is 9.53. The van der Waals surface area contributed by atoms with Crippen LogP contribution in [0.4, 0.5) is 0 Å². The average molecular weight is 407 g/mol. The fourth-order valence-electron chi connectivity index (χ4n) is 3.51. The van der Waals surface area contributed by atoms with Crippen molar-refractivity contribution in [1.82, 2.24) is 15.1 Å². The van der Waals surface area contributed by atoms with E-state index in [0.29, 0.717) is 0 Å². The molecule has 7 nitrogen and oxygen atoms in total. The Kier molecular flexibility index (Phi) is 10.7. The Morgan fingerprint density at radius 1 is 1.03 bits per heavy atom. The van der Waals surface area contributed by atoms with Crippen molar-refractivity contribution in [3.05, 3.63) is 23.8 Å². The van der Waals surface area contributed by atoms with E-state index in [1.54, 1.807) is 21.3 Å². The third-order valence-electron chi connectivity index (χ3n) is 5.16. The van der Waals surface area contributed by atoms with Crippen LogP contribution in [0.2, 0.25) is 0 Å². The zero-order valence-corrected chi connectivity index (χ0v) is 18.6.